The molecule has 1 saturated carbocycles. The summed E-state index contributed by atoms with van der Waals surface area (Å²) < 4.78 is 42.7. The summed E-state index contributed by atoms with van der Waals surface area (Å²) in [5.74, 6) is 6.10. The van der Waals surface area contributed by atoms with E-state index in [2.05, 4.69) is 37.7 Å². The van der Waals surface area contributed by atoms with Crippen molar-refractivity contribution in [1.82, 2.24) is 19.7 Å². The van der Waals surface area contributed by atoms with Gasteiger partial charge in [0.1, 0.15) is 11.5 Å². The molecule has 5 rings (SSSR count). The number of benzene rings is 2. The lowest BCUT2D eigenvalue weighted by Gasteiger charge is -2.15. The number of nitrogens with zero attached hydrogens (tertiary/aromatic N) is 4. The van der Waals surface area contributed by atoms with Crippen LogP contribution < -0.4 is 10.6 Å². The Balaban J connectivity index is 1.35. The molecule has 0 unspecified atom stereocenters. The van der Waals surface area contributed by atoms with E-state index in [-0.39, 0.29) is 16.9 Å². The van der Waals surface area contributed by atoms with Crippen molar-refractivity contribution in [2.75, 3.05) is 10.6 Å². The number of anilines is 2. The fourth-order valence-corrected chi connectivity index (χ4v) is 3.76. The molecule has 0 aliphatic heterocycles. The maximum atomic E-state index is 13.8. The first-order valence-electron chi connectivity index (χ1n) is 11.9. The van der Waals surface area contributed by atoms with Gasteiger partial charge in [-0.25, -0.2) is 4.98 Å². The molecule has 4 aromatic rings. The first-order chi connectivity index (χ1) is 18.2. The second kappa shape index (κ2) is 10.0. The molecule has 0 saturated heterocycles. The summed E-state index contributed by atoms with van der Waals surface area (Å²) in [6.07, 6.45) is 0.454. The molecule has 38 heavy (non-hydrogen) atoms. The van der Waals surface area contributed by atoms with Crippen molar-refractivity contribution in [2.45, 2.75) is 38.9 Å². The third-order valence-electron chi connectivity index (χ3n) is 5.97. The van der Waals surface area contributed by atoms with E-state index in [0.717, 1.165) is 24.5 Å². The van der Waals surface area contributed by atoms with Crippen LogP contribution in [-0.2, 0) is 6.18 Å². The standard InChI is InChI=1S/C28H23F3N6O/c1-17-3-4-20(13-19(17)5-6-22-10-12-26(36-35-22)33-21-7-8-21)27(38)34-23-9-11-25(24(14-23)28(29,30)31)37-15-18(2)32-16-37/h3-4,9-16,21H,7-8H2,1-2H3,(H,33,36)(H,34,38). The molecule has 2 N–H and O–H groups in total. The summed E-state index contributed by atoms with van der Waals surface area (Å²) in [5, 5.41) is 14.1. The molecule has 1 amide bonds. The number of halogens is 3. The number of rotatable bonds is 5. The fourth-order valence-electron chi connectivity index (χ4n) is 3.76. The zero-order valence-corrected chi connectivity index (χ0v) is 20.6. The molecule has 2 aromatic heterocycles. The highest BCUT2D eigenvalue weighted by molar-refractivity contribution is 6.04. The molecule has 2 aromatic carbocycles. The van der Waals surface area contributed by atoms with Crippen LogP contribution in [0.1, 0.15) is 51.3 Å². The first-order valence-corrected chi connectivity index (χ1v) is 11.9. The number of alkyl halides is 3. The summed E-state index contributed by atoms with van der Waals surface area (Å²) in [6.45, 7) is 3.54. The number of hydrogen-bond donors (Lipinski definition) is 2. The van der Waals surface area contributed by atoms with Crippen LogP contribution in [-0.4, -0.2) is 31.7 Å². The normalized spacial score (nSPS) is 13.0. The smallest absolute Gasteiger partial charge is 0.366 e. The van der Waals surface area contributed by atoms with E-state index in [4.69, 9.17) is 0 Å². The van der Waals surface area contributed by atoms with Crippen molar-refractivity contribution in [3.63, 3.8) is 0 Å². The molecule has 1 aliphatic rings. The molecule has 1 fully saturated rings. The van der Waals surface area contributed by atoms with Crippen LogP contribution in [0.15, 0.2) is 61.1 Å². The van der Waals surface area contributed by atoms with Gasteiger partial charge in [0.15, 0.2) is 0 Å². The maximum absolute atomic E-state index is 13.8. The van der Waals surface area contributed by atoms with Gasteiger partial charge in [-0.15, -0.1) is 10.2 Å². The van der Waals surface area contributed by atoms with Gasteiger partial charge in [0.25, 0.3) is 5.91 Å². The molecule has 0 spiro atoms. The zero-order valence-electron chi connectivity index (χ0n) is 20.6. The van der Waals surface area contributed by atoms with Crippen molar-refractivity contribution in [2.24, 2.45) is 0 Å². The number of carbonyl (C=O) groups excluding carboxylic acids is 1. The molecule has 0 radical (unpaired) electrons. The van der Waals surface area contributed by atoms with Crippen LogP contribution in [0, 0.1) is 25.7 Å². The van der Waals surface area contributed by atoms with Crippen LogP contribution in [0.2, 0.25) is 0 Å². The van der Waals surface area contributed by atoms with Crippen LogP contribution in [0.4, 0.5) is 24.7 Å². The number of carbonyl (C=O) groups is 1. The van der Waals surface area contributed by atoms with E-state index < -0.39 is 17.6 Å². The minimum absolute atomic E-state index is 0.0197. The number of aromatic nitrogens is 4. The summed E-state index contributed by atoms with van der Waals surface area (Å²) in [7, 11) is 0. The molecule has 10 heteroatoms. The second-order valence-electron chi connectivity index (χ2n) is 9.11. The van der Waals surface area contributed by atoms with Crippen molar-refractivity contribution < 1.29 is 18.0 Å². The van der Waals surface area contributed by atoms with Gasteiger partial charge >= 0.3 is 6.18 Å². The minimum atomic E-state index is -4.63. The largest absolute Gasteiger partial charge is 0.418 e. The van der Waals surface area contributed by atoms with Gasteiger partial charge in [-0.1, -0.05) is 12.0 Å². The van der Waals surface area contributed by atoms with Crippen molar-refractivity contribution in [1.29, 1.82) is 0 Å². The number of aryl methyl sites for hydroxylation is 2. The Morgan fingerprint density at radius 2 is 1.84 bits per heavy atom. The second-order valence-corrected chi connectivity index (χ2v) is 9.11. The predicted molar refractivity (Wildman–Crippen MR) is 137 cm³/mol. The Hall–Kier alpha value is -4.65. The van der Waals surface area contributed by atoms with Gasteiger partial charge < -0.3 is 15.2 Å². The molecule has 0 bridgehead atoms. The quantitative estimate of drug-likeness (QED) is 0.341. The summed E-state index contributed by atoms with van der Waals surface area (Å²) >= 11 is 0. The molecular weight excluding hydrogens is 493 g/mol. The van der Waals surface area contributed by atoms with Gasteiger partial charge in [-0.05, 0) is 80.6 Å². The van der Waals surface area contributed by atoms with Gasteiger partial charge in [0, 0.05) is 29.1 Å². The van der Waals surface area contributed by atoms with E-state index in [9.17, 15) is 18.0 Å². The highest BCUT2D eigenvalue weighted by atomic mass is 19.4. The minimum Gasteiger partial charge on any atom is -0.366 e. The summed E-state index contributed by atoms with van der Waals surface area (Å²) in [5.41, 5.74) is 1.82. The van der Waals surface area contributed by atoms with E-state index in [1.54, 1.807) is 31.2 Å². The van der Waals surface area contributed by atoms with Gasteiger partial charge in [-0.2, -0.15) is 13.2 Å². The third-order valence-corrected chi connectivity index (χ3v) is 5.97. The lowest BCUT2D eigenvalue weighted by atomic mass is 10.0. The predicted octanol–water partition coefficient (Wildman–Crippen LogP) is 5.52. The van der Waals surface area contributed by atoms with Crippen LogP contribution in [0.3, 0.4) is 0 Å². The fraction of sp³-hybridized carbons (Fsp3) is 0.214. The summed E-state index contributed by atoms with van der Waals surface area (Å²) in [6, 6.07) is 12.6. The average molecular weight is 517 g/mol. The van der Waals surface area contributed by atoms with Crippen LogP contribution in [0.5, 0.6) is 0 Å². The van der Waals surface area contributed by atoms with Crippen molar-refractivity contribution in [3.05, 3.63) is 94.7 Å². The molecule has 2 heterocycles. The van der Waals surface area contributed by atoms with E-state index in [1.807, 2.05) is 13.0 Å². The van der Waals surface area contributed by atoms with E-state index in [0.29, 0.717) is 28.8 Å². The maximum Gasteiger partial charge on any atom is 0.418 e. The Labute approximate surface area is 217 Å². The molecule has 7 nitrogen and oxygen atoms in total. The van der Waals surface area contributed by atoms with Crippen molar-refractivity contribution in [3.8, 4) is 17.5 Å². The zero-order chi connectivity index (χ0) is 26.9. The van der Waals surface area contributed by atoms with Crippen LogP contribution in [0.25, 0.3) is 5.69 Å². The summed E-state index contributed by atoms with van der Waals surface area (Å²) in [4.78, 5) is 16.9. The molecule has 192 valence electrons. The lowest BCUT2D eigenvalue weighted by Crippen LogP contribution is -2.15. The van der Waals surface area contributed by atoms with E-state index >= 15 is 0 Å². The Morgan fingerprint density at radius 1 is 1.03 bits per heavy atom. The molecular formula is C28H23F3N6O. The Bertz CT molecular complexity index is 1560. The first kappa shape index (κ1) is 25.0. The SMILES string of the molecule is Cc1cn(-c2ccc(NC(=O)c3ccc(C)c(C#Cc4ccc(NC5CC5)nn4)c3)cc2C(F)(F)F)cn1. The van der Waals surface area contributed by atoms with Crippen molar-refractivity contribution >= 4 is 17.4 Å². The Morgan fingerprint density at radius 3 is 2.50 bits per heavy atom. The number of nitrogens with one attached hydrogen (secondary N) is 2. The highest BCUT2D eigenvalue weighted by Gasteiger charge is 2.34. The monoisotopic (exact) mass is 516 g/mol. The lowest BCUT2D eigenvalue weighted by molar-refractivity contribution is -0.137. The third kappa shape index (κ3) is 5.83. The topological polar surface area (TPSA) is 84.7 Å². The molecule has 0 atom stereocenters. The molecule has 1 aliphatic carbocycles. The van der Waals surface area contributed by atoms with Gasteiger partial charge in [-0.3, -0.25) is 4.79 Å². The van der Waals surface area contributed by atoms with Crippen LogP contribution >= 0.6 is 0 Å². The average Bonchev–Trinajstić information content (AvgIpc) is 3.60. The van der Waals surface area contributed by atoms with Gasteiger partial charge in [0.2, 0.25) is 0 Å². The van der Waals surface area contributed by atoms with Gasteiger partial charge in [0.05, 0.1) is 23.3 Å². The number of hydrogen-bond acceptors (Lipinski definition) is 5. The number of amides is 1. The number of imidazole rings is 1. The van der Waals surface area contributed by atoms with E-state index in [1.165, 1.54) is 29.2 Å². The highest BCUT2D eigenvalue weighted by Crippen LogP contribution is 2.36. The Kier molecular flexibility index (Phi) is 6.59.